The summed E-state index contributed by atoms with van der Waals surface area (Å²) in [4.78, 5) is 13.4. The molecule has 0 fully saturated rings. The molecular weight excluding hydrogens is 395 g/mol. The summed E-state index contributed by atoms with van der Waals surface area (Å²) < 4.78 is 31.7. The highest BCUT2D eigenvalue weighted by Gasteiger charge is 2.38. The van der Waals surface area contributed by atoms with Gasteiger partial charge in [0.15, 0.2) is 0 Å². The standard InChI is InChI=1S/C20H21N3.C2HF3O2/c1-2-5-17-13-22-20(10-16(17)4-1)14-23-19-8-7-15-6-3-9-21-12-18(15)11-19;3-2(4,5)1(6)7/h1-2,4-5,7-8,10-11,13,21,23H,3,6,9,12,14H2;(H,6,7). The van der Waals surface area contributed by atoms with Crippen molar-refractivity contribution in [3.05, 3.63) is 71.5 Å². The van der Waals surface area contributed by atoms with E-state index in [4.69, 9.17) is 9.90 Å². The zero-order chi connectivity index (χ0) is 21.6. The number of hydrogen-bond acceptors (Lipinski definition) is 4. The SMILES string of the molecule is O=C(O)C(F)(F)F.c1ccc2cc(CNc3ccc4c(c3)CNCCC4)ncc2c1. The van der Waals surface area contributed by atoms with Gasteiger partial charge in [0.05, 0.1) is 12.2 Å². The van der Waals surface area contributed by atoms with Crippen molar-refractivity contribution in [3.63, 3.8) is 0 Å². The monoisotopic (exact) mass is 417 g/mol. The van der Waals surface area contributed by atoms with E-state index in [1.54, 1.807) is 0 Å². The van der Waals surface area contributed by atoms with Crippen molar-refractivity contribution < 1.29 is 23.1 Å². The number of anilines is 1. The van der Waals surface area contributed by atoms with Crippen LogP contribution in [0, 0.1) is 0 Å². The number of carboxylic acid groups (broad SMARTS) is 1. The van der Waals surface area contributed by atoms with Crippen LogP contribution >= 0.6 is 0 Å². The Morgan fingerprint density at radius 1 is 1.10 bits per heavy atom. The molecule has 30 heavy (non-hydrogen) atoms. The Morgan fingerprint density at radius 2 is 1.83 bits per heavy atom. The van der Waals surface area contributed by atoms with Gasteiger partial charge < -0.3 is 15.7 Å². The van der Waals surface area contributed by atoms with Crippen LogP contribution in [-0.2, 0) is 24.3 Å². The third-order valence-electron chi connectivity index (χ3n) is 4.73. The van der Waals surface area contributed by atoms with Gasteiger partial charge in [-0.1, -0.05) is 30.3 Å². The summed E-state index contributed by atoms with van der Waals surface area (Å²) in [5.74, 6) is -2.76. The van der Waals surface area contributed by atoms with Gasteiger partial charge in [0.2, 0.25) is 0 Å². The van der Waals surface area contributed by atoms with Crippen molar-refractivity contribution >= 4 is 22.4 Å². The maximum absolute atomic E-state index is 10.6. The molecule has 2 aromatic carbocycles. The van der Waals surface area contributed by atoms with Gasteiger partial charge in [0, 0.05) is 23.8 Å². The Kier molecular flexibility index (Phi) is 6.89. The molecule has 0 atom stereocenters. The average Bonchev–Trinajstić information content (AvgIpc) is 2.97. The molecule has 3 N–H and O–H groups in total. The molecule has 158 valence electrons. The molecule has 1 aliphatic rings. The lowest BCUT2D eigenvalue weighted by molar-refractivity contribution is -0.192. The third kappa shape index (κ3) is 5.93. The molecule has 1 aromatic heterocycles. The van der Waals surface area contributed by atoms with Crippen LogP contribution in [0.5, 0.6) is 0 Å². The maximum atomic E-state index is 10.6. The van der Waals surface area contributed by atoms with Crippen molar-refractivity contribution in [2.75, 3.05) is 11.9 Å². The maximum Gasteiger partial charge on any atom is 0.490 e. The number of aliphatic carboxylic acids is 1. The smallest absolute Gasteiger partial charge is 0.475 e. The molecular formula is C22H22F3N3O2. The number of hydrogen-bond donors (Lipinski definition) is 3. The first kappa shape index (κ1) is 21.6. The number of carbonyl (C=O) groups is 1. The Morgan fingerprint density at radius 3 is 2.57 bits per heavy atom. The third-order valence-corrected chi connectivity index (χ3v) is 4.73. The highest BCUT2D eigenvalue weighted by Crippen LogP contribution is 2.20. The molecule has 2 heterocycles. The molecule has 1 aliphatic heterocycles. The minimum atomic E-state index is -5.08. The van der Waals surface area contributed by atoms with E-state index < -0.39 is 12.1 Å². The van der Waals surface area contributed by atoms with Gasteiger partial charge in [-0.15, -0.1) is 0 Å². The fraction of sp³-hybridized carbons (Fsp3) is 0.273. The molecule has 0 unspecified atom stereocenters. The van der Waals surface area contributed by atoms with Gasteiger partial charge >= 0.3 is 12.1 Å². The Balaban J connectivity index is 0.000000318. The van der Waals surface area contributed by atoms with Crippen LogP contribution in [0.1, 0.15) is 23.2 Å². The Hall–Kier alpha value is -3.13. The van der Waals surface area contributed by atoms with E-state index in [9.17, 15) is 13.2 Å². The average molecular weight is 417 g/mol. The minimum absolute atomic E-state index is 0.747. The lowest BCUT2D eigenvalue weighted by Crippen LogP contribution is -2.21. The molecule has 0 amide bonds. The highest BCUT2D eigenvalue weighted by molar-refractivity contribution is 5.81. The van der Waals surface area contributed by atoms with Crippen molar-refractivity contribution in [1.29, 1.82) is 0 Å². The summed E-state index contributed by atoms with van der Waals surface area (Å²) >= 11 is 0. The highest BCUT2D eigenvalue weighted by atomic mass is 19.4. The van der Waals surface area contributed by atoms with E-state index in [0.717, 1.165) is 25.3 Å². The number of rotatable bonds is 3. The lowest BCUT2D eigenvalue weighted by atomic mass is 10.0. The molecule has 0 bridgehead atoms. The first-order chi connectivity index (χ1) is 14.3. The summed E-state index contributed by atoms with van der Waals surface area (Å²) in [6.45, 7) is 2.83. The first-order valence-corrected chi connectivity index (χ1v) is 9.53. The first-order valence-electron chi connectivity index (χ1n) is 9.53. The van der Waals surface area contributed by atoms with Crippen LogP contribution in [0.25, 0.3) is 10.8 Å². The van der Waals surface area contributed by atoms with E-state index in [1.807, 2.05) is 12.3 Å². The van der Waals surface area contributed by atoms with E-state index in [1.165, 1.54) is 40.4 Å². The fourth-order valence-corrected chi connectivity index (χ4v) is 3.19. The van der Waals surface area contributed by atoms with Crippen LogP contribution in [0.15, 0.2) is 54.7 Å². The molecule has 3 aromatic rings. The van der Waals surface area contributed by atoms with Crippen molar-refractivity contribution in [2.45, 2.75) is 32.1 Å². The van der Waals surface area contributed by atoms with Crippen molar-refractivity contribution in [1.82, 2.24) is 10.3 Å². The number of alkyl halides is 3. The van der Waals surface area contributed by atoms with Gasteiger partial charge in [-0.05, 0) is 54.1 Å². The van der Waals surface area contributed by atoms with Crippen LogP contribution in [0.4, 0.5) is 18.9 Å². The number of aromatic nitrogens is 1. The zero-order valence-corrected chi connectivity index (χ0v) is 16.2. The van der Waals surface area contributed by atoms with Crippen LogP contribution in [-0.4, -0.2) is 28.8 Å². The molecule has 0 spiro atoms. The molecule has 4 rings (SSSR count). The second-order valence-electron chi connectivity index (χ2n) is 6.94. The van der Waals surface area contributed by atoms with Crippen LogP contribution in [0.3, 0.4) is 0 Å². The lowest BCUT2D eigenvalue weighted by Gasteiger charge is -2.11. The molecule has 0 aliphatic carbocycles. The normalized spacial score (nSPS) is 13.6. The second kappa shape index (κ2) is 9.58. The van der Waals surface area contributed by atoms with Crippen molar-refractivity contribution in [2.24, 2.45) is 0 Å². The summed E-state index contributed by atoms with van der Waals surface area (Å²) in [7, 11) is 0. The van der Waals surface area contributed by atoms with Gasteiger partial charge in [-0.2, -0.15) is 13.2 Å². The number of nitrogens with one attached hydrogen (secondary N) is 2. The Labute approximate surface area is 171 Å². The van der Waals surface area contributed by atoms with Gasteiger partial charge in [0.1, 0.15) is 0 Å². The van der Waals surface area contributed by atoms with Crippen molar-refractivity contribution in [3.8, 4) is 0 Å². The van der Waals surface area contributed by atoms with Gasteiger partial charge in [0.25, 0.3) is 0 Å². The predicted molar refractivity (Wildman–Crippen MR) is 109 cm³/mol. The molecule has 0 saturated heterocycles. The number of nitrogens with zero attached hydrogens (tertiary/aromatic N) is 1. The number of halogens is 3. The molecule has 5 nitrogen and oxygen atoms in total. The van der Waals surface area contributed by atoms with Gasteiger partial charge in [-0.25, -0.2) is 4.79 Å². The number of fused-ring (bicyclic) bond motifs is 2. The number of carboxylic acids is 1. The summed E-state index contributed by atoms with van der Waals surface area (Å²) in [6.07, 6.45) is -0.733. The van der Waals surface area contributed by atoms with E-state index >= 15 is 0 Å². The fourth-order valence-electron chi connectivity index (χ4n) is 3.19. The zero-order valence-electron chi connectivity index (χ0n) is 16.2. The van der Waals surface area contributed by atoms with E-state index in [0.29, 0.717) is 0 Å². The van der Waals surface area contributed by atoms with Gasteiger partial charge in [-0.3, -0.25) is 4.98 Å². The summed E-state index contributed by atoms with van der Waals surface area (Å²) in [5, 5.41) is 16.5. The molecule has 0 saturated carbocycles. The van der Waals surface area contributed by atoms with Crippen LogP contribution < -0.4 is 10.6 Å². The van der Waals surface area contributed by atoms with E-state index in [-0.39, 0.29) is 0 Å². The summed E-state index contributed by atoms with van der Waals surface area (Å²) in [6, 6.07) is 17.2. The van der Waals surface area contributed by atoms with E-state index in [2.05, 4.69) is 58.1 Å². The minimum Gasteiger partial charge on any atom is -0.475 e. The largest absolute Gasteiger partial charge is 0.490 e. The predicted octanol–water partition coefficient (Wildman–Crippen LogP) is 4.52. The molecule has 0 radical (unpaired) electrons. The number of benzene rings is 2. The summed E-state index contributed by atoms with van der Waals surface area (Å²) in [5.41, 5.74) is 5.13. The quantitative estimate of drug-likeness (QED) is 0.585. The number of pyridine rings is 1. The number of aryl methyl sites for hydroxylation is 1. The second-order valence-corrected chi connectivity index (χ2v) is 6.94. The molecule has 8 heteroatoms. The van der Waals surface area contributed by atoms with Crippen LogP contribution in [0.2, 0.25) is 0 Å². The topological polar surface area (TPSA) is 74.2 Å². The Bertz CT molecular complexity index is 1020.